The van der Waals surface area contributed by atoms with Gasteiger partial charge in [0.2, 0.25) is 0 Å². The lowest BCUT2D eigenvalue weighted by Crippen LogP contribution is -2.43. The summed E-state index contributed by atoms with van der Waals surface area (Å²) in [6, 6.07) is 4.14. The van der Waals surface area contributed by atoms with Crippen molar-refractivity contribution >= 4 is 11.6 Å². The molecule has 0 spiro atoms. The second kappa shape index (κ2) is 10.3. The van der Waals surface area contributed by atoms with Gasteiger partial charge in [0.25, 0.3) is 24.3 Å². The van der Waals surface area contributed by atoms with E-state index in [4.69, 9.17) is 0 Å². The summed E-state index contributed by atoms with van der Waals surface area (Å²) in [6.45, 7) is 3.39. The summed E-state index contributed by atoms with van der Waals surface area (Å²) in [7, 11) is 0. The van der Waals surface area contributed by atoms with Crippen LogP contribution in [0.3, 0.4) is 0 Å². The van der Waals surface area contributed by atoms with Crippen LogP contribution in [0, 0.1) is 5.82 Å². The third-order valence-corrected chi connectivity index (χ3v) is 8.23. The van der Waals surface area contributed by atoms with E-state index in [0.717, 1.165) is 55.6 Å². The Morgan fingerprint density at radius 3 is 2.53 bits per heavy atom. The Morgan fingerprint density at radius 2 is 1.84 bits per heavy atom. The predicted molar refractivity (Wildman–Crippen MR) is 132 cm³/mol. The van der Waals surface area contributed by atoms with Crippen LogP contribution in [0.1, 0.15) is 79.4 Å². The van der Waals surface area contributed by atoms with Crippen molar-refractivity contribution in [1.82, 2.24) is 14.8 Å². The average molecular weight is 539 g/mol. The van der Waals surface area contributed by atoms with E-state index in [0.29, 0.717) is 6.04 Å². The smallest absolute Gasteiger partial charge is 0.266 e. The van der Waals surface area contributed by atoms with Crippen molar-refractivity contribution < 1.29 is 26.7 Å². The van der Waals surface area contributed by atoms with Gasteiger partial charge in [-0.3, -0.25) is 9.59 Å². The molecule has 3 aliphatic rings. The number of hydrogen-bond donors (Lipinski definition) is 2. The van der Waals surface area contributed by atoms with Gasteiger partial charge in [-0.1, -0.05) is 18.2 Å². The van der Waals surface area contributed by atoms with Crippen molar-refractivity contribution in [2.75, 3.05) is 18.4 Å². The van der Waals surface area contributed by atoms with Crippen molar-refractivity contribution in [2.24, 2.45) is 0 Å². The molecule has 2 saturated heterocycles. The first-order valence-electron chi connectivity index (χ1n) is 13.0. The quantitative estimate of drug-likeness (QED) is 0.453. The van der Waals surface area contributed by atoms with E-state index in [-0.39, 0.29) is 35.7 Å². The number of aromatic nitrogens is 1. The first-order chi connectivity index (χ1) is 18.1. The van der Waals surface area contributed by atoms with Gasteiger partial charge in [-0.15, -0.1) is 0 Å². The van der Waals surface area contributed by atoms with E-state index in [1.165, 1.54) is 25.1 Å². The van der Waals surface area contributed by atoms with Gasteiger partial charge >= 0.3 is 0 Å². The number of fused-ring (bicyclic) bond motifs is 1. The maximum absolute atomic E-state index is 14.7. The first-order valence-corrected chi connectivity index (χ1v) is 13.0. The monoisotopic (exact) mass is 538 g/mol. The topological polar surface area (TPSA) is 66.4 Å². The zero-order valence-corrected chi connectivity index (χ0v) is 21.0. The first kappa shape index (κ1) is 26.6. The summed E-state index contributed by atoms with van der Waals surface area (Å²) in [5, 5.41) is 5.91. The van der Waals surface area contributed by atoms with Crippen molar-refractivity contribution in [1.29, 1.82) is 0 Å². The van der Waals surface area contributed by atoms with E-state index < -0.39 is 47.3 Å². The number of anilines is 1. The Bertz CT molecular complexity index is 1260. The van der Waals surface area contributed by atoms with E-state index in [1.807, 2.05) is 0 Å². The molecule has 6 nitrogen and oxygen atoms in total. The summed E-state index contributed by atoms with van der Waals surface area (Å²) in [5.41, 5.74) is -2.99. The number of alkyl halides is 4. The zero-order valence-electron chi connectivity index (χ0n) is 21.0. The maximum atomic E-state index is 14.7. The fraction of sp³-hybridized carbons (Fsp3) is 0.556. The summed E-state index contributed by atoms with van der Waals surface area (Å²) in [5.74, 6) is -1.84. The van der Waals surface area contributed by atoms with Crippen LogP contribution in [-0.2, 0) is 5.54 Å². The summed E-state index contributed by atoms with van der Waals surface area (Å²) in [4.78, 5) is 28.8. The molecule has 11 heteroatoms. The molecule has 5 rings (SSSR count). The molecule has 1 aliphatic carbocycles. The summed E-state index contributed by atoms with van der Waals surface area (Å²) < 4.78 is 69.8. The van der Waals surface area contributed by atoms with Crippen LogP contribution >= 0.6 is 0 Å². The molecule has 1 aromatic heterocycles. The normalized spacial score (nSPS) is 23.4. The SMILES string of the molecule is C[C@@H](NC(=O)c1cn(C2(C(F)F)CC2)c(=O)cc1N[C@H]1CCN2CCC[C@H]2C1)c1cccc(C(F)F)c1F. The molecule has 2 N–H and O–H groups in total. The average Bonchev–Trinajstić information content (AvgIpc) is 3.55. The van der Waals surface area contributed by atoms with Crippen LogP contribution in [0.4, 0.5) is 27.6 Å². The molecule has 2 aliphatic heterocycles. The zero-order chi connectivity index (χ0) is 27.2. The molecular weight excluding hydrogens is 507 g/mol. The largest absolute Gasteiger partial charge is 0.381 e. The standard InChI is InChI=1S/C27H31F5N4O2/c1-15(18-5-2-6-19(23(18)28)24(29)30)33-25(38)20-14-36(27(8-9-27)26(31)32)22(37)13-21(20)34-16-7-11-35-10-3-4-17(35)12-16/h2,5-6,13-17,24,26,34H,3-4,7-12H2,1H3,(H,33,38)/t15-,16+,17+/m1/s1. The van der Waals surface area contributed by atoms with Gasteiger partial charge < -0.3 is 20.1 Å². The van der Waals surface area contributed by atoms with Crippen molar-refractivity contribution in [3.05, 3.63) is 63.3 Å². The van der Waals surface area contributed by atoms with Crippen LogP contribution in [0.2, 0.25) is 0 Å². The maximum Gasteiger partial charge on any atom is 0.266 e. The van der Waals surface area contributed by atoms with Crippen LogP contribution in [0.15, 0.2) is 35.3 Å². The number of hydrogen-bond acceptors (Lipinski definition) is 4. The molecule has 1 aromatic carbocycles. The third kappa shape index (κ3) is 4.92. The summed E-state index contributed by atoms with van der Waals surface area (Å²) >= 11 is 0. The minimum absolute atomic E-state index is 0.0151. The highest BCUT2D eigenvalue weighted by molar-refractivity contribution is 5.99. The highest BCUT2D eigenvalue weighted by Gasteiger charge is 2.53. The number of rotatable bonds is 8. The minimum atomic E-state index is -3.02. The molecule has 0 bridgehead atoms. The van der Waals surface area contributed by atoms with Gasteiger partial charge in [0, 0.05) is 36.5 Å². The van der Waals surface area contributed by atoms with Gasteiger partial charge in [0.1, 0.15) is 11.4 Å². The van der Waals surface area contributed by atoms with Crippen molar-refractivity contribution in [3.63, 3.8) is 0 Å². The van der Waals surface area contributed by atoms with Gasteiger partial charge in [0.15, 0.2) is 0 Å². The number of benzene rings is 1. The van der Waals surface area contributed by atoms with Gasteiger partial charge in [-0.2, -0.15) is 0 Å². The Morgan fingerprint density at radius 1 is 1.11 bits per heavy atom. The second-order valence-electron chi connectivity index (χ2n) is 10.7. The molecule has 3 heterocycles. The second-order valence-corrected chi connectivity index (χ2v) is 10.7. The minimum Gasteiger partial charge on any atom is -0.381 e. The number of amides is 1. The van der Waals surface area contributed by atoms with Crippen molar-refractivity contribution in [3.8, 4) is 0 Å². The van der Waals surface area contributed by atoms with Gasteiger partial charge in [0.05, 0.1) is 22.9 Å². The number of nitrogens with one attached hydrogen (secondary N) is 2. The number of carbonyl (C=O) groups is 1. The van der Waals surface area contributed by atoms with E-state index in [2.05, 4.69) is 15.5 Å². The molecule has 1 saturated carbocycles. The van der Waals surface area contributed by atoms with Crippen LogP contribution in [0.5, 0.6) is 0 Å². The third-order valence-electron chi connectivity index (χ3n) is 8.23. The Hall–Kier alpha value is -2.95. The molecule has 2 aromatic rings. The van der Waals surface area contributed by atoms with Gasteiger partial charge in [-0.25, -0.2) is 22.0 Å². The van der Waals surface area contributed by atoms with E-state index in [1.54, 1.807) is 0 Å². The molecule has 1 amide bonds. The molecule has 3 atom stereocenters. The number of nitrogens with zero attached hydrogens (tertiary/aromatic N) is 2. The molecule has 0 unspecified atom stereocenters. The highest BCUT2D eigenvalue weighted by atomic mass is 19.3. The molecule has 38 heavy (non-hydrogen) atoms. The van der Waals surface area contributed by atoms with Crippen LogP contribution in [-0.4, -0.2) is 47.0 Å². The van der Waals surface area contributed by atoms with E-state index >= 15 is 0 Å². The van der Waals surface area contributed by atoms with Crippen LogP contribution < -0.4 is 16.2 Å². The molecule has 0 radical (unpaired) electrons. The number of halogens is 5. The number of pyridine rings is 1. The number of carbonyl (C=O) groups excluding carboxylic acids is 1. The van der Waals surface area contributed by atoms with E-state index in [9.17, 15) is 31.5 Å². The number of piperidine rings is 1. The molecular formula is C27H31F5N4O2. The molecule has 3 fully saturated rings. The lowest BCUT2D eigenvalue weighted by molar-refractivity contribution is 0.0648. The van der Waals surface area contributed by atoms with Crippen molar-refractivity contribution in [2.45, 2.75) is 82.0 Å². The lowest BCUT2D eigenvalue weighted by Gasteiger charge is -2.36. The molecule has 206 valence electrons. The Balaban J connectivity index is 1.45. The fourth-order valence-electron chi connectivity index (χ4n) is 5.87. The predicted octanol–water partition coefficient (Wildman–Crippen LogP) is 5.21. The van der Waals surface area contributed by atoms with Crippen LogP contribution in [0.25, 0.3) is 0 Å². The fourth-order valence-corrected chi connectivity index (χ4v) is 5.87. The highest BCUT2D eigenvalue weighted by Crippen LogP contribution is 2.48. The Labute approximate surface area is 217 Å². The van der Waals surface area contributed by atoms with Gasteiger partial charge in [-0.05, 0) is 52.0 Å². The lowest BCUT2D eigenvalue weighted by atomic mass is 9.97. The Kier molecular flexibility index (Phi) is 7.23. The summed E-state index contributed by atoms with van der Waals surface area (Å²) in [6.07, 6.45) is -0.609.